The molecule has 0 saturated carbocycles. The molecular formula is C19H25N5O. The number of nitrogens with zero attached hydrogens (tertiary/aromatic N) is 3. The molecule has 2 N–H and O–H groups in total. The molecule has 0 bridgehead atoms. The largest absolute Gasteiger partial charge is 0.357 e. The number of nitrogens with one attached hydrogen (secondary N) is 2. The van der Waals surface area contributed by atoms with Crippen LogP contribution in [0.25, 0.3) is 0 Å². The molecule has 6 heteroatoms. The van der Waals surface area contributed by atoms with E-state index < -0.39 is 0 Å². The van der Waals surface area contributed by atoms with Gasteiger partial charge in [-0.05, 0) is 44.2 Å². The number of rotatable bonds is 4. The number of carbonyl (C=O) groups is 1. The molecule has 2 aromatic heterocycles. The lowest BCUT2D eigenvalue weighted by Gasteiger charge is -2.20. The molecule has 132 valence electrons. The standard InChI is InChI=1S/C19H25N5O/c1-13-22-16-6-5-15(10-17(16)23-13)19(25)21-12-14-4-7-18(20-11-14)24-8-2-3-9-24/h4,7,11,15H,2-3,5-6,8-10,12H2,1H3,(H,21,25)(H,22,23). The van der Waals surface area contributed by atoms with Crippen molar-refractivity contribution in [1.82, 2.24) is 20.3 Å². The number of carbonyl (C=O) groups excluding carboxylic acids is 1. The number of amides is 1. The molecule has 1 atom stereocenters. The summed E-state index contributed by atoms with van der Waals surface area (Å²) in [4.78, 5) is 27.1. The van der Waals surface area contributed by atoms with Crippen LogP contribution in [0.2, 0.25) is 0 Å². The zero-order valence-electron chi connectivity index (χ0n) is 14.7. The Balaban J connectivity index is 1.31. The van der Waals surface area contributed by atoms with E-state index in [2.05, 4.69) is 37.3 Å². The van der Waals surface area contributed by atoms with Gasteiger partial charge in [-0.1, -0.05) is 6.07 Å². The monoisotopic (exact) mass is 339 g/mol. The van der Waals surface area contributed by atoms with E-state index in [1.807, 2.05) is 13.1 Å². The van der Waals surface area contributed by atoms with Gasteiger partial charge in [0.2, 0.25) is 5.91 Å². The molecule has 2 aliphatic rings. The van der Waals surface area contributed by atoms with Gasteiger partial charge in [-0.25, -0.2) is 9.97 Å². The van der Waals surface area contributed by atoms with Crippen molar-refractivity contribution in [2.24, 2.45) is 5.92 Å². The number of anilines is 1. The normalized spacial score (nSPS) is 19.7. The van der Waals surface area contributed by atoms with Crippen LogP contribution < -0.4 is 10.2 Å². The zero-order valence-corrected chi connectivity index (χ0v) is 14.7. The van der Waals surface area contributed by atoms with Crippen LogP contribution in [0.15, 0.2) is 18.3 Å². The first-order chi connectivity index (χ1) is 12.2. The number of hydrogen-bond donors (Lipinski definition) is 2. The fraction of sp³-hybridized carbons (Fsp3) is 0.526. The number of aromatic nitrogens is 3. The van der Waals surface area contributed by atoms with Crippen molar-refractivity contribution in [3.05, 3.63) is 41.1 Å². The molecule has 25 heavy (non-hydrogen) atoms. The summed E-state index contributed by atoms with van der Waals surface area (Å²) in [6.45, 7) is 4.70. The maximum atomic E-state index is 12.5. The molecule has 6 nitrogen and oxygen atoms in total. The SMILES string of the molecule is Cc1nc2c([nH]1)CC(C(=O)NCc1ccc(N3CCCC3)nc1)CC2. The van der Waals surface area contributed by atoms with Crippen molar-refractivity contribution in [2.75, 3.05) is 18.0 Å². The molecule has 4 rings (SSSR count). The molecule has 1 aliphatic carbocycles. The Bertz CT molecular complexity index is 746. The Morgan fingerprint density at radius 1 is 1.36 bits per heavy atom. The minimum atomic E-state index is 0.0317. The molecule has 1 unspecified atom stereocenters. The van der Waals surface area contributed by atoms with Gasteiger partial charge in [-0.3, -0.25) is 4.79 Å². The summed E-state index contributed by atoms with van der Waals surface area (Å²) in [5.74, 6) is 2.14. The van der Waals surface area contributed by atoms with Crippen LogP contribution in [0.4, 0.5) is 5.82 Å². The minimum absolute atomic E-state index is 0.0317. The van der Waals surface area contributed by atoms with Gasteiger partial charge in [-0.2, -0.15) is 0 Å². The molecule has 1 fully saturated rings. The molecule has 1 amide bonds. The summed E-state index contributed by atoms with van der Waals surface area (Å²) < 4.78 is 0. The van der Waals surface area contributed by atoms with Crippen molar-refractivity contribution in [3.8, 4) is 0 Å². The highest BCUT2D eigenvalue weighted by molar-refractivity contribution is 5.79. The molecule has 0 radical (unpaired) electrons. The average Bonchev–Trinajstić information content (AvgIpc) is 3.28. The van der Waals surface area contributed by atoms with E-state index in [1.54, 1.807) is 0 Å². The van der Waals surface area contributed by atoms with Gasteiger partial charge < -0.3 is 15.2 Å². The average molecular weight is 339 g/mol. The summed E-state index contributed by atoms with van der Waals surface area (Å²) in [6, 6.07) is 4.13. The fourth-order valence-corrected chi connectivity index (χ4v) is 3.84. The third-order valence-corrected chi connectivity index (χ3v) is 5.24. The topological polar surface area (TPSA) is 73.9 Å². The van der Waals surface area contributed by atoms with Crippen LogP contribution in [0.5, 0.6) is 0 Å². The number of aromatic amines is 1. The second-order valence-electron chi connectivity index (χ2n) is 7.12. The maximum absolute atomic E-state index is 12.5. The van der Waals surface area contributed by atoms with E-state index in [4.69, 9.17) is 0 Å². The lowest BCUT2D eigenvalue weighted by molar-refractivity contribution is -0.125. The van der Waals surface area contributed by atoms with Crippen LogP contribution in [-0.4, -0.2) is 33.9 Å². The first-order valence-corrected chi connectivity index (χ1v) is 9.21. The summed E-state index contributed by atoms with van der Waals surface area (Å²) in [7, 11) is 0. The van der Waals surface area contributed by atoms with Crippen molar-refractivity contribution in [1.29, 1.82) is 0 Å². The Labute approximate surface area is 148 Å². The lowest BCUT2D eigenvalue weighted by Crippen LogP contribution is -2.33. The van der Waals surface area contributed by atoms with Gasteiger partial charge in [0.05, 0.1) is 5.69 Å². The first-order valence-electron chi connectivity index (χ1n) is 9.21. The van der Waals surface area contributed by atoms with Crippen LogP contribution in [0.1, 0.15) is 42.0 Å². The van der Waals surface area contributed by atoms with Crippen molar-refractivity contribution in [3.63, 3.8) is 0 Å². The molecule has 2 aromatic rings. The van der Waals surface area contributed by atoms with Gasteiger partial charge in [-0.15, -0.1) is 0 Å². The summed E-state index contributed by atoms with van der Waals surface area (Å²) in [5, 5.41) is 3.07. The number of H-pyrrole nitrogens is 1. The molecule has 1 saturated heterocycles. The number of hydrogen-bond acceptors (Lipinski definition) is 4. The second kappa shape index (κ2) is 6.86. The predicted octanol–water partition coefficient (Wildman–Crippen LogP) is 2.13. The van der Waals surface area contributed by atoms with E-state index in [0.717, 1.165) is 60.9 Å². The molecule has 0 spiro atoms. The number of fused-ring (bicyclic) bond motifs is 1. The second-order valence-corrected chi connectivity index (χ2v) is 7.12. The third-order valence-electron chi connectivity index (χ3n) is 5.24. The molecule has 3 heterocycles. The smallest absolute Gasteiger partial charge is 0.223 e. The van der Waals surface area contributed by atoms with E-state index in [1.165, 1.54) is 12.8 Å². The summed E-state index contributed by atoms with van der Waals surface area (Å²) >= 11 is 0. The van der Waals surface area contributed by atoms with E-state index >= 15 is 0 Å². The number of pyridine rings is 1. The third kappa shape index (κ3) is 3.52. The van der Waals surface area contributed by atoms with Crippen LogP contribution in [0, 0.1) is 12.8 Å². The zero-order chi connectivity index (χ0) is 17.2. The van der Waals surface area contributed by atoms with Gasteiger partial charge in [0.1, 0.15) is 11.6 Å². The maximum Gasteiger partial charge on any atom is 0.223 e. The van der Waals surface area contributed by atoms with Gasteiger partial charge in [0, 0.05) is 43.9 Å². The summed E-state index contributed by atoms with van der Waals surface area (Å²) in [6.07, 6.45) is 6.88. The minimum Gasteiger partial charge on any atom is -0.357 e. The Morgan fingerprint density at radius 2 is 2.20 bits per heavy atom. The lowest BCUT2D eigenvalue weighted by atomic mass is 9.89. The van der Waals surface area contributed by atoms with Gasteiger partial charge in [0.25, 0.3) is 0 Å². The van der Waals surface area contributed by atoms with E-state index in [0.29, 0.717) is 6.54 Å². The molecule has 1 aliphatic heterocycles. The predicted molar refractivity (Wildman–Crippen MR) is 96.4 cm³/mol. The molecular weight excluding hydrogens is 314 g/mol. The van der Waals surface area contributed by atoms with E-state index in [-0.39, 0.29) is 11.8 Å². The van der Waals surface area contributed by atoms with Crippen LogP contribution >= 0.6 is 0 Å². The quantitative estimate of drug-likeness (QED) is 0.895. The first kappa shape index (κ1) is 16.1. The van der Waals surface area contributed by atoms with Crippen molar-refractivity contribution >= 4 is 11.7 Å². The molecule has 0 aromatic carbocycles. The van der Waals surface area contributed by atoms with Crippen molar-refractivity contribution in [2.45, 2.75) is 45.6 Å². The fourth-order valence-electron chi connectivity index (χ4n) is 3.84. The highest BCUT2D eigenvalue weighted by Crippen LogP contribution is 2.24. The Hall–Kier alpha value is -2.37. The Morgan fingerprint density at radius 3 is 2.96 bits per heavy atom. The van der Waals surface area contributed by atoms with Crippen LogP contribution in [-0.2, 0) is 24.2 Å². The summed E-state index contributed by atoms with van der Waals surface area (Å²) in [5.41, 5.74) is 3.30. The van der Waals surface area contributed by atoms with Gasteiger partial charge in [0.15, 0.2) is 0 Å². The highest BCUT2D eigenvalue weighted by atomic mass is 16.1. The highest BCUT2D eigenvalue weighted by Gasteiger charge is 2.26. The number of aryl methyl sites for hydroxylation is 2. The van der Waals surface area contributed by atoms with Gasteiger partial charge >= 0.3 is 0 Å². The van der Waals surface area contributed by atoms with E-state index in [9.17, 15) is 4.79 Å². The Kier molecular flexibility index (Phi) is 4.42. The number of imidazole rings is 1. The van der Waals surface area contributed by atoms with Crippen molar-refractivity contribution < 1.29 is 4.79 Å². The van der Waals surface area contributed by atoms with Crippen LogP contribution in [0.3, 0.4) is 0 Å².